The van der Waals surface area contributed by atoms with Crippen molar-refractivity contribution in [2.24, 2.45) is 0 Å². The number of hydrogen-bond donors (Lipinski definition) is 1. The maximum Gasteiger partial charge on any atom is 0.247 e. The second kappa shape index (κ2) is 8.84. The number of aryl methyl sites for hydroxylation is 1. The Morgan fingerprint density at radius 2 is 2.11 bits per heavy atom. The van der Waals surface area contributed by atoms with E-state index in [1.807, 2.05) is 47.2 Å². The topological polar surface area (TPSA) is 115 Å². The fraction of sp³-hybridized carbons (Fsp3) is 0.292. The number of β-amino-alcohol motifs (C(OH)–C–C–N with tert-alkyl or cyclic N) is 1. The van der Waals surface area contributed by atoms with Crippen LogP contribution in [0.2, 0.25) is 4.34 Å². The molecule has 6 rings (SSSR count). The van der Waals surface area contributed by atoms with Gasteiger partial charge in [-0.15, -0.1) is 26.6 Å². The van der Waals surface area contributed by atoms with Crippen molar-refractivity contribution >= 4 is 39.7 Å². The third-order valence-corrected chi connectivity index (χ3v) is 7.61. The van der Waals surface area contributed by atoms with Crippen molar-refractivity contribution in [3.05, 3.63) is 59.0 Å². The molecular weight excluding hydrogens is 502 g/mol. The molecule has 1 saturated heterocycles. The number of amides is 1. The molecule has 1 unspecified atom stereocenters. The molecule has 1 atom stereocenters. The molecule has 184 valence electrons. The normalized spacial score (nSPS) is 17.9. The SMILES string of the molecule is Cc1nnc(-c2ccc3ccn(CC(=O)N4CCC(O)(Cn5cc(-c6ccc(Cl)s6)nn5)C4)c3c2)o1. The van der Waals surface area contributed by atoms with Gasteiger partial charge in [-0.3, -0.25) is 4.79 Å². The predicted octanol–water partition coefficient (Wildman–Crippen LogP) is 3.64. The molecule has 0 radical (unpaired) electrons. The third-order valence-electron chi connectivity index (χ3n) is 6.36. The van der Waals surface area contributed by atoms with Gasteiger partial charge in [-0.2, -0.15) is 0 Å². The number of hydrogen-bond acceptors (Lipinski definition) is 8. The van der Waals surface area contributed by atoms with Gasteiger partial charge >= 0.3 is 0 Å². The van der Waals surface area contributed by atoms with Gasteiger partial charge in [0.25, 0.3) is 0 Å². The van der Waals surface area contributed by atoms with E-state index in [9.17, 15) is 9.90 Å². The fourth-order valence-electron chi connectivity index (χ4n) is 4.55. The maximum absolute atomic E-state index is 13.2. The summed E-state index contributed by atoms with van der Waals surface area (Å²) in [5.41, 5.74) is 1.32. The maximum atomic E-state index is 13.2. The lowest BCUT2D eigenvalue weighted by Gasteiger charge is -2.23. The van der Waals surface area contributed by atoms with E-state index in [0.717, 1.165) is 21.3 Å². The van der Waals surface area contributed by atoms with Gasteiger partial charge in [0.1, 0.15) is 17.8 Å². The fourth-order valence-corrected chi connectivity index (χ4v) is 5.55. The minimum absolute atomic E-state index is 0.0602. The zero-order chi connectivity index (χ0) is 24.9. The summed E-state index contributed by atoms with van der Waals surface area (Å²) in [7, 11) is 0. The number of aromatic nitrogens is 6. The van der Waals surface area contributed by atoms with Gasteiger partial charge in [0.2, 0.25) is 17.7 Å². The van der Waals surface area contributed by atoms with Gasteiger partial charge in [-0.1, -0.05) is 22.9 Å². The standard InChI is InChI=1S/C24H22ClN7O3S/c1-15-26-28-23(35-15)17-3-2-16-6-8-30(19(16)10-17)12-22(33)31-9-7-24(34,13-31)14-32-11-18(27-29-32)20-4-5-21(25)36-20/h2-6,8,10-11,34H,7,9,12-14H2,1H3. The van der Waals surface area contributed by atoms with E-state index < -0.39 is 5.60 Å². The summed E-state index contributed by atoms with van der Waals surface area (Å²) in [6, 6.07) is 11.5. The Bertz CT molecular complexity index is 1570. The molecule has 0 saturated carbocycles. The number of rotatable bonds is 6. The molecule has 5 heterocycles. The summed E-state index contributed by atoms with van der Waals surface area (Å²) < 4.78 is 9.75. The minimum Gasteiger partial charge on any atom is -0.421 e. The lowest BCUT2D eigenvalue weighted by Crippen LogP contribution is -2.40. The largest absolute Gasteiger partial charge is 0.421 e. The van der Waals surface area contributed by atoms with Gasteiger partial charge in [0, 0.05) is 30.7 Å². The molecule has 1 aliphatic heterocycles. The van der Waals surface area contributed by atoms with Crippen molar-refractivity contribution in [1.82, 2.24) is 34.7 Å². The molecule has 0 bridgehead atoms. The Morgan fingerprint density at radius 1 is 1.22 bits per heavy atom. The minimum atomic E-state index is -1.07. The molecule has 5 aromatic rings. The molecule has 4 aromatic heterocycles. The first kappa shape index (κ1) is 22.9. The summed E-state index contributed by atoms with van der Waals surface area (Å²) in [6.45, 7) is 2.87. The first-order chi connectivity index (χ1) is 17.3. The number of carbonyl (C=O) groups excluding carboxylic acids is 1. The number of benzene rings is 1. The summed E-state index contributed by atoms with van der Waals surface area (Å²) in [4.78, 5) is 15.8. The van der Waals surface area contributed by atoms with Crippen LogP contribution in [-0.4, -0.2) is 64.4 Å². The molecule has 1 N–H and O–H groups in total. The van der Waals surface area contributed by atoms with Crippen molar-refractivity contribution in [2.45, 2.75) is 32.0 Å². The van der Waals surface area contributed by atoms with Crippen LogP contribution in [0.15, 0.2) is 53.2 Å². The molecule has 1 aromatic carbocycles. The highest BCUT2D eigenvalue weighted by Gasteiger charge is 2.39. The molecule has 1 amide bonds. The first-order valence-electron chi connectivity index (χ1n) is 11.4. The summed E-state index contributed by atoms with van der Waals surface area (Å²) in [5.74, 6) is 0.877. The number of nitrogens with zero attached hydrogens (tertiary/aromatic N) is 7. The summed E-state index contributed by atoms with van der Waals surface area (Å²) in [5, 5.41) is 28.5. The van der Waals surface area contributed by atoms with Gasteiger partial charge in [-0.05, 0) is 42.1 Å². The van der Waals surface area contributed by atoms with Gasteiger partial charge in [-0.25, -0.2) is 4.68 Å². The molecule has 1 aliphatic rings. The lowest BCUT2D eigenvalue weighted by atomic mass is 10.0. The highest BCUT2D eigenvalue weighted by Crippen LogP contribution is 2.30. The first-order valence-corrected chi connectivity index (χ1v) is 12.6. The van der Waals surface area contributed by atoms with Crippen LogP contribution in [0.4, 0.5) is 0 Å². The van der Waals surface area contributed by atoms with E-state index in [-0.39, 0.29) is 25.5 Å². The van der Waals surface area contributed by atoms with Crippen molar-refractivity contribution in [2.75, 3.05) is 13.1 Å². The zero-order valence-electron chi connectivity index (χ0n) is 19.3. The second-order valence-corrected chi connectivity index (χ2v) is 10.8. The molecule has 0 aliphatic carbocycles. The van der Waals surface area contributed by atoms with E-state index in [4.69, 9.17) is 16.0 Å². The van der Waals surface area contributed by atoms with Crippen molar-refractivity contribution in [3.8, 4) is 22.0 Å². The molecule has 0 spiro atoms. The van der Waals surface area contributed by atoms with Crippen LogP contribution < -0.4 is 0 Å². The zero-order valence-corrected chi connectivity index (χ0v) is 20.9. The molecule has 10 nitrogen and oxygen atoms in total. The monoisotopic (exact) mass is 523 g/mol. The Morgan fingerprint density at radius 3 is 2.89 bits per heavy atom. The van der Waals surface area contributed by atoms with Gasteiger partial charge in [0.05, 0.1) is 28.5 Å². The molecule has 36 heavy (non-hydrogen) atoms. The Labute approximate surface area is 214 Å². The third kappa shape index (κ3) is 4.41. The average Bonchev–Trinajstić information content (AvgIpc) is 3.67. The van der Waals surface area contributed by atoms with Crippen LogP contribution in [0.25, 0.3) is 32.9 Å². The number of carbonyl (C=O) groups is 1. The van der Waals surface area contributed by atoms with Crippen LogP contribution in [0.5, 0.6) is 0 Å². The van der Waals surface area contributed by atoms with E-state index in [1.165, 1.54) is 11.3 Å². The smallest absolute Gasteiger partial charge is 0.247 e. The number of aliphatic hydroxyl groups is 1. The van der Waals surface area contributed by atoms with Crippen molar-refractivity contribution in [3.63, 3.8) is 0 Å². The van der Waals surface area contributed by atoms with Crippen molar-refractivity contribution in [1.29, 1.82) is 0 Å². The van der Waals surface area contributed by atoms with Crippen LogP contribution in [0.3, 0.4) is 0 Å². The Kier molecular flexibility index (Phi) is 5.62. The highest BCUT2D eigenvalue weighted by atomic mass is 35.5. The average molecular weight is 524 g/mol. The molecular formula is C24H22ClN7O3S. The summed E-state index contributed by atoms with van der Waals surface area (Å²) in [6.07, 6.45) is 4.15. The van der Waals surface area contributed by atoms with Gasteiger partial charge < -0.3 is 19.0 Å². The van der Waals surface area contributed by atoms with E-state index in [1.54, 1.807) is 22.7 Å². The van der Waals surface area contributed by atoms with E-state index >= 15 is 0 Å². The van der Waals surface area contributed by atoms with Crippen LogP contribution in [0.1, 0.15) is 12.3 Å². The quantitative estimate of drug-likeness (QED) is 0.361. The van der Waals surface area contributed by atoms with E-state index in [0.29, 0.717) is 34.8 Å². The Hall–Kier alpha value is -3.54. The van der Waals surface area contributed by atoms with Gasteiger partial charge in [0.15, 0.2) is 0 Å². The second-order valence-electron chi connectivity index (χ2n) is 9.04. The predicted molar refractivity (Wildman–Crippen MR) is 134 cm³/mol. The molecule has 12 heteroatoms. The molecule has 1 fully saturated rings. The lowest BCUT2D eigenvalue weighted by molar-refractivity contribution is -0.131. The Balaban J connectivity index is 1.14. The number of likely N-dealkylation sites (tertiary alicyclic amines) is 1. The number of thiophene rings is 1. The number of halogens is 1. The highest BCUT2D eigenvalue weighted by molar-refractivity contribution is 7.19. The van der Waals surface area contributed by atoms with E-state index in [2.05, 4.69) is 20.5 Å². The van der Waals surface area contributed by atoms with Crippen LogP contribution >= 0.6 is 22.9 Å². The van der Waals surface area contributed by atoms with Crippen LogP contribution in [-0.2, 0) is 17.9 Å². The van der Waals surface area contributed by atoms with Crippen molar-refractivity contribution < 1.29 is 14.3 Å². The van der Waals surface area contributed by atoms with Crippen LogP contribution in [0, 0.1) is 6.92 Å². The number of fused-ring (bicyclic) bond motifs is 1. The summed E-state index contributed by atoms with van der Waals surface area (Å²) >= 11 is 7.44.